The Labute approximate surface area is 189 Å². The largest absolute Gasteiger partial charge is 0.327 e. The summed E-state index contributed by atoms with van der Waals surface area (Å²) >= 11 is 0. The molecule has 0 spiro atoms. The molecular weight excluding hydrogens is 426 g/mol. The lowest BCUT2D eigenvalue weighted by Crippen LogP contribution is -2.31. The number of nitrogens with one attached hydrogen (secondary N) is 1. The Bertz CT molecular complexity index is 1200. The summed E-state index contributed by atoms with van der Waals surface area (Å²) in [4.78, 5) is 19.2. The van der Waals surface area contributed by atoms with E-state index in [1.807, 2.05) is 36.2 Å². The molecule has 2 aromatic carbocycles. The number of likely N-dealkylation sites (N-methyl/N-ethyl adjacent to an activating group) is 1. The maximum Gasteiger partial charge on any atom is 0.238 e. The fourth-order valence-corrected chi connectivity index (χ4v) is 4.24. The number of para-hydroxylation sites is 1. The molecule has 172 valence electrons. The van der Waals surface area contributed by atoms with E-state index >= 15 is 0 Å². The standard InChI is InChI=1S/C23H31N5O3S/c1-4-6-13-28-21-12-11-18(32(24,30)31)14-20(21)25-22(28)15-27(3)16-23(29)26-19-10-8-7-9-17(19)5-2/h7-12,14H,4-6,13,15-16H2,1-3H3,(H,26,29)(H2,24,30,31). The summed E-state index contributed by atoms with van der Waals surface area (Å²) in [5.41, 5.74) is 3.36. The summed E-state index contributed by atoms with van der Waals surface area (Å²) in [6.07, 6.45) is 2.82. The molecule has 32 heavy (non-hydrogen) atoms. The van der Waals surface area contributed by atoms with Crippen LogP contribution < -0.4 is 10.5 Å². The van der Waals surface area contributed by atoms with E-state index in [0.717, 1.165) is 48.4 Å². The van der Waals surface area contributed by atoms with Crippen LogP contribution in [0.25, 0.3) is 11.0 Å². The minimum atomic E-state index is -3.80. The van der Waals surface area contributed by atoms with Crippen LogP contribution in [0.4, 0.5) is 5.69 Å². The maximum atomic E-state index is 12.6. The van der Waals surface area contributed by atoms with E-state index in [9.17, 15) is 13.2 Å². The topological polar surface area (TPSA) is 110 Å². The Morgan fingerprint density at radius 2 is 1.94 bits per heavy atom. The van der Waals surface area contributed by atoms with Crippen molar-refractivity contribution in [2.75, 3.05) is 18.9 Å². The van der Waals surface area contributed by atoms with Gasteiger partial charge in [-0.3, -0.25) is 9.69 Å². The van der Waals surface area contributed by atoms with E-state index in [4.69, 9.17) is 5.14 Å². The van der Waals surface area contributed by atoms with Crippen LogP contribution in [-0.2, 0) is 34.3 Å². The number of unbranched alkanes of at least 4 members (excludes halogenated alkanes) is 1. The fourth-order valence-electron chi connectivity index (χ4n) is 3.71. The van der Waals surface area contributed by atoms with Gasteiger partial charge in [0.05, 0.1) is 29.0 Å². The number of sulfonamides is 1. The van der Waals surface area contributed by atoms with Gasteiger partial charge in [-0.15, -0.1) is 0 Å². The third-order valence-electron chi connectivity index (χ3n) is 5.36. The van der Waals surface area contributed by atoms with Gasteiger partial charge in [0.25, 0.3) is 0 Å². The van der Waals surface area contributed by atoms with Gasteiger partial charge in [-0.1, -0.05) is 38.5 Å². The minimum absolute atomic E-state index is 0.0408. The number of amides is 1. The van der Waals surface area contributed by atoms with Crippen molar-refractivity contribution in [2.45, 2.75) is 51.1 Å². The minimum Gasteiger partial charge on any atom is -0.327 e. The summed E-state index contributed by atoms with van der Waals surface area (Å²) < 4.78 is 25.5. The highest BCUT2D eigenvalue weighted by Gasteiger charge is 2.17. The second kappa shape index (κ2) is 10.2. The zero-order chi connectivity index (χ0) is 23.3. The molecule has 0 fully saturated rings. The number of fused-ring (bicyclic) bond motifs is 1. The highest BCUT2D eigenvalue weighted by atomic mass is 32.2. The second-order valence-electron chi connectivity index (χ2n) is 7.96. The van der Waals surface area contributed by atoms with Crippen molar-refractivity contribution >= 4 is 32.7 Å². The summed E-state index contributed by atoms with van der Waals surface area (Å²) in [5.74, 6) is 0.686. The van der Waals surface area contributed by atoms with E-state index in [1.54, 1.807) is 6.07 Å². The van der Waals surface area contributed by atoms with Gasteiger partial charge in [-0.2, -0.15) is 0 Å². The zero-order valence-electron chi connectivity index (χ0n) is 18.8. The molecular formula is C23H31N5O3S. The third-order valence-corrected chi connectivity index (χ3v) is 6.27. The maximum absolute atomic E-state index is 12.6. The number of carbonyl (C=O) groups excluding carboxylic acids is 1. The molecule has 0 saturated heterocycles. The van der Waals surface area contributed by atoms with Crippen LogP contribution in [-0.4, -0.2) is 42.4 Å². The summed E-state index contributed by atoms with van der Waals surface area (Å²) in [6, 6.07) is 12.5. The van der Waals surface area contributed by atoms with Crippen LogP contribution in [0.15, 0.2) is 47.4 Å². The monoisotopic (exact) mass is 457 g/mol. The first kappa shape index (κ1) is 23.9. The first-order valence-electron chi connectivity index (χ1n) is 10.8. The van der Waals surface area contributed by atoms with Crippen molar-refractivity contribution in [2.24, 2.45) is 5.14 Å². The number of aromatic nitrogens is 2. The molecule has 9 heteroatoms. The second-order valence-corrected chi connectivity index (χ2v) is 9.52. The first-order valence-corrected chi connectivity index (χ1v) is 12.4. The molecule has 0 radical (unpaired) electrons. The molecule has 1 amide bonds. The third kappa shape index (κ3) is 5.73. The van der Waals surface area contributed by atoms with Crippen molar-refractivity contribution in [3.63, 3.8) is 0 Å². The predicted molar refractivity (Wildman–Crippen MR) is 127 cm³/mol. The number of hydrogen-bond donors (Lipinski definition) is 2. The van der Waals surface area contributed by atoms with Crippen molar-refractivity contribution in [1.29, 1.82) is 0 Å². The van der Waals surface area contributed by atoms with Crippen LogP contribution in [0.2, 0.25) is 0 Å². The number of hydrogen-bond acceptors (Lipinski definition) is 5. The molecule has 3 aromatic rings. The Morgan fingerprint density at radius 3 is 2.62 bits per heavy atom. The summed E-state index contributed by atoms with van der Waals surface area (Å²) in [7, 11) is -1.94. The summed E-state index contributed by atoms with van der Waals surface area (Å²) in [6.45, 7) is 5.59. The van der Waals surface area contributed by atoms with Crippen LogP contribution in [0, 0.1) is 0 Å². The number of imidazole rings is 1. The fraction of sp³-hybridized carbons (Fsp3) is 0.391. The van der Waals surface area contributed by atoms with Crippen molar-refractivity contribution in [1.82, 2.24) is 14.5 Å². The first-order chi connectivity index (χ1) is 15.2. The molecule has 0 bridgehead atoms. The average molecular weight is 458 g/mol. The molecule has 3 rings (SSSR count). The number of primary sulfonamides is 1. The van der Waals surface area contributed by atoms with Crippen molar-refractivity contribution < 1.29 is 13.2 Å². The lowest BCUT2D eigenvalue weighted by Gasteiger charge is -2.18. The van der Waals surface area contributed by atoms with Crippen LogP contribution in [0.5, 0.6) is 0 Å². The highest BCUT2D eigenvalue weighted by Crippen LogP contribution is 2.22. The summed E-state index contributed by atoms with van der Waals surface area (Å²) in [5, 5.41) is 8.27. The van der Waals surface area contributed by atoms with E-state index in [2.05, 4.69) is 28.7 Å². The SMILES string of the molecule is CCCCn1c(CN(C)CC(=O)Nc2ccccc2CC)nc2cc(S(N)(=O)=O)ccc21. The molecule has 0 unspecified atom stereocenters. The van der Waals surface area contributed by atoms with Gasteiger partial charge in [-0.05, 0) is 49.7 Å². The number of aryl methyl sites for hydroxylation is 2. The Kier molecular flexibility index (Phi) is 7.65. The molecule has 0 aliphatic carbocycles. The lowest BCUT2D eigenvalue weighted by atomic mass is 10.1. The Balaban J connectivity index is 1.79. The number of carbonyl (C=O) groups is 1. The molecule has 3 N–H and O–H groups in total. The van der Waals surface area contributed by atoms with Gasteiger partial charge in [0.15, 0.2) is 0 Å². The van der Waals surface area contributed by atoms with E-state index < -0.39 is 10.0 Å². The van der Waals surface area contributed by atoms with Gasteiger partial charge in [0.2, 0.25) is 15.9 Å². The molecule has 1 heterocycles. The molecule has 0 aliphatic heterocycles. The van der Waals surface area contributed by atoms with Crippen LogP contribution in [0.3, 0.4) is 0 Å². The lowest BCUT2D eigenvalue weighted by molar-refractivity contribution is -0.117. The van der Waals surface area contributed by atoms with Crippen LogP contribution in [0.1, 0.15) is 38.1 Å². The van der Waals surface area contributed by atoms with E-state index in [-0.39, 0.29) is 17.3 Å². The van der Waals surface area contributed by atoms with Gasteiger partial charge in [0, 0.05) is 12.2 Å². The Hall–Kier alpha value is -2.75. The highest BCUT2D eigenvalue weighted by molar-refractivity contribution is 7.89. The molecule has 0 atom stereocenters. The number of rotatable bonds is 10. The number of anilines is 1. The zero-order valence-corrected chi connectivity index (χ0v) is 19.7. The van der Waals surface area contributed by atoms with Crippen molar-refractivity contribution in [3.05, 3.63) is 53.9 Å². The molecule has 1 aromatic heterocycles. The number of nitrogens with zero attached hydrogens (tertiary/aromatic N) is 3. The van der Waals surface area contributed by atoms with Gasteiger partial charge >= 0.3 is 0 Å². The van der Waals surface area contributed by atoms with E-state index in [1.165, 1.54) is 12.1 Å². The van der Waals surface area contributed by atoms with Gasteiger partial charge in [0.1, 0.15) is 5.82 Å². The normalized spacial score (nSPS) is 11.9. The predicted octanol–water partition coefficient (Wildman–Crippen LogP) is 3.12. The smallest absolute Gasteiger partial charge is 0.238 e. The number of nitrogens with two attached hydrogens (primary N) is 1. The quantitative estimate of drug-likeness (QED) is 0.486. The number of benzene rings is 2. The van der Waals surface area contributed by atoms with E-state index in [0.29, 0.717) is 12.1 Å². The van der Waals surface area contributed by atoms with Gasteiger partial charge < -0.3 is 9.88 Å². The van der Waals surface area contributed by atoms with Crippen LogP contribution >= 0.6 is 0 Å². The molecule has 8 nitrogen and oxygen atoms in total. The van der Waals surface area contributed by atoms with Crippen molar-refractivity contribution in [3.8, 4) is 0 Å². The molecule has 0 saturated carbocycles. The van der Waals surface area contributed by atoms with Gasteiger partial charge in [-0.25, -0.2) is 18.5 Å². The Morgan fingerprint density at radius 1 is 1.19 bits per heavy atom. The molecule has 0 aliphatic rings. The average Bonchev–Trinajstić information content (AvgIpc) is 3.07.